The van der Waals surface area contributed by atoms with Crippen molar-refractivity contribution >= 4 is 16.1 Å². The molecule has 0 heterocycles. The van der Waals surface area contributed by atoms with Gasteiger partial charge in [0.2, 0.25) is 0 Å². The van der Waals surface area contributed by atoms with Crippen LogP contribution in [0.25, 0.3) is 0 Å². The highest BCUT2D eigenvalue weighted by Crippen LogP contribution is 2.16. The number of carbonyl (C=O) groups excluding carboxylic acids is 1. The van der Waals surface area contributed by atoms with Crippen molar-refractivity contribution in [1.29, 1.82) is 0 Å². The Bertz CT molecular complexity index is 732. The Morgan fingerprint density at radius 3 is 2.35 bits per heavy atom. The molecule has 0 saturated heterocycles. The van der Waals surface area contributed by atoms with Crippen molar-refractivity contribution in [2.75, 3.05) is 0 Å². The first kappa shape index (κ1) is 14.2. The lowest BCUT2D eigenvalue weighted by molar-refractivity contribution is 0.0734. The highest BCUT2D eigenvalue weighted by Gasteiger charge is 2.14. The smallest absolute Gasteiger partial charge is 0.343 e. The predicted octanol–water partition coefficient (Wildman–Crippen LogP) is 2.46. The van der Waals surface area contributed by atoms with E-state index in [2.05, 4.69) is 0 Å². The van der Waals surface area contributed by atoms with Gasteiger partial charge in [-0.15, -0.1) is 0 Å². The van der Waals surface area contributed by atoms with Crippen LogP contribution in [-0.4, -0.2) is 18.9 Å². The minimum absolute atomic E-state index is 0.0423. The average molecular weight is 292 g/mol. The maximum absolute atomic E-state index is 11.9. The molecular weight excluding hydrogens is 280 g/mol. The molecule has 5 nitrogen and oxygen atoms in total. The van der Waals surface area contributed by atoms with Gasteiger partial charge < -0.3 is 4.74 Å². The normalized spacial score (nSPS) is 11.1. The third-order valence-corrected chi connectivity index (χ3v) is 3.45. The highest BCUT2D eigenvalue weighted by molar-refractivity contribution is 7.85. The van der Waals surface area contributed by atoms with Crippen LogP contribution in [0.1, 0.15) is 15.9 Å². The number of hydrogen-bond donors (Lipinski definition) is 1. The molecule has 0 atom stereocenters. The first-order valence-electron chi connectivity index (χ1n) is 5.73. The molecule has 20 heavy (non-hydrogen) atoms. The van der Waals surface area contributed by atoms with E-state index in [0.29, 0.717) is 5.75 Å². The monoisotopic (exact) mass is 292 g/mol. The number of carbonyl (C=O) groups is 1. The van der Waals surface area contributed by atoms with Crippen molar-refractivity contribution < 1.29 is 22.5 Å². The molecule has 0 unspecified atom stereocenters. The van der Waals surface area contributed by atoms with Crippen molar-refractivity contribution in [3.8, 4) is 5.75 Å². The van der Waals surface area contributed by atoms with E-state index < -0.39 is 16.1 Å². The summed E-state index contributed by atoms with van der Waals surface area (Å²) in [6.07, 6.45) is 0. The Labute approximate surface area is 116 Å². The predicted molar refractivity (Wildman–Crippen MR) is 72.4 cm³/mol. The zero-order chi connectivity index (χ0) is 14.8. The molecule has 6 heteroatoms. The first-order chi connectivity index (χ1) is 9.36. The van der Waals surface area contributed by atoms with Gasteiger partial charge in [-0.25, -0.2) is 4.79 Å². The zero-order valence-electron chi connectivity index (χ0n) is 10.6. The molecule has 0 fully saturated rings. The van der Waals surface area contributed by atoms with Gasteiger partial charge in [0.1, 0.15) is 5.75 Å². The summed E-state index contributed by atoms with van der Waals surface area (Å²) in [7, 11) is -4.35. The van der Waals surface area contributed by atoms with E-state index in [0.717, 1.165) is 11.6 Å². The number of benzene rings is 2. The van der Waals surface area contributed by atoms with Crippen LogP contribution < -0.4 is 4.74 Å². The van der Waals surface area contributed by atoms with Gasteiger partial charge in [0.25, 0.3) is 10.1 Å². The molecular formula is C14H12O5S. The lowest BCUT2D eigenvalue weighted by atomic mass is 10.2. The summed E-state index contributed by atoms with van der Waals surface area (Å²) in [4.78, 5) is 11.5. The van der Waals surface area contributed by atoms with E-state index in [1.54, 1.807) is 24.3 Å². The number of ether oxygens (including phenoxy) is 1. The molecule has 0 radical (unpaired) electrons. The van der Waals surface area contributed by atoms with Crippen LogP contribution in [0, 0.1) is 6.92 Å². The lowest BCUT2D eigenvalue weighted by Gasteiger charge is -2.05. The van der Waals surface area contributed by atoms with Crippen LogP contribution in [0.15, 0.2) is 53.4 Å². The maximum Gasteiger partial charge on any atom is 0.343 e. The van der Waals surface area contributed by atoms with Gasteiger partial charge in [-0.3, -0.25) is 4.55 Å². The van der Waals surface area contributed by atoms with Gasteiger partial charge >= 0.3 is 5.97 Å². The molecule has 0 aliphatic carbocycles. The van der Waals surface area contributed by atoms with Crippen LogP contribution in [0.2, 0.25) is 0 Å². The molecule has 0 aliphatic rings. The maximum atomic E-state index is 11.9. The Balaban J connectivity index is 2.23. The van der Waals surface area contributed by atoms with Crippen molar-refractivity contribution in [3.05, 3.63) is 59.7 Å². The molecule has 104 valence electrons. The molecule has 0 bridgehead atoms. The summed E-state index contributed by atoms with van der Waals surface area (Å²) in [5, 5.41) is 0. The summed E-state index contributed by atoms with van der Waals surface area (Å²) in [6.45, 7) is 1.90. The Kier molecular flexibility index (Phi) is 3.87. The molecule has 0 aromatic heterocycles. The SMILES string of the molecule is Cc1ccc(OC(=O)c2cccc(S(=O)(=O)O)c2)cc1. The molecule has 1 N–H and O–H groups in total. The van der Waals surface area contributed by atoms with Gasteiger partial charge in [0.05, 0.1) is 10.5 Å². The Hall–Kier alpha value is -2.18. The van der Waals surface area contributed by atoms with Crippen LogP contribution in [0.5, 0.6) is 5.75 Å². The third-order valence-electron chi connectivity index (χ3n) is 2.60. The Morgan fingerprint density at radius 2 is 1.75 bits per heavy atom. The number of rotatable bonds is 3. The Morgan fingerprint density at radius 1 is 1.10 bits per heavy atom. The number of hydrogen-bond acceptors (Lipinski definition) is 4. The lowest BCUT2D eigenvalue weighted by Crippen LogP contribution is -2.09. The zero-order valence-corrected chi connectivity index (χ0v) is 11.4. The summed E-state index contributed by atoms with van der Waals surface area (Å²) >= 11 is 0. The minimum atomic E-state index is -4.35. The minimum Gasteiger partial charge on any atom is -0.423 e. The van der Waals surface area contributed by atoms with E-state index in [9.17, 15) is 13.2 Å². The van der Waals surface area contributed by atoms with Gasteiger partial charge in [0, 0.05) is 0 Å². The van der Waals surface area contributed by atoms with Crippen LogP contribution in [0.4, 0.5) is 0 Å². The molecule has 0 aliphatic heterocycles. The quantitative estimate of drug-likeness (QED) is 0.534. The van der Waals surface area contributed by atoms with E-state index in [-0.39, 0.29) is 10.5 Å². The third kappa shape index (κ3) is 3.43. The van der Waals surface area contributed by atoms with Crippen LogP contribution in [0.3, 0.4) is 0 Å². The molecule has 2 aromatic carbocycles. The van der Waals surface area contributed by atoms with E-state index >= 15 is 0 Å². The fraction of sp³-hybridized carbons (Fsp3) is 0.0714. The second-order valence-electron chi connectivity index (χ2n) is 4.21. The standard InChI is InChI=1S/C14H12O5S/c1-10-5-7-12(8-6-10)19-14(15)11-3-2-4-13(9-11)20(16,17)18/h2-9H,1H3,(H,16,17,18). The van der Waals surface area contributed by atoms with Gasteiger partial charge in [0.15, 0.2) is 0 Å². The molecule has 0 amide bonds. The fourth-order valence-electron chi connectivity index (χ4n) is 1.56. The number of aryl methyl sites for hydroxylation is 1. The van der Waals surface area contributed by atoms with E-state index in [4.69, 9.17) is 9.29 Å². The van der Waals surface area contributed by atoms with E-state index in [1.807, 2.05) is 6.92 Å². The molecule has 0 spiro atoms. The van der Waals surface area contributed by atoms with Crippen LogP contribution in [-0.2, 0) is 10.1 Å². The molecule has 0 saturated carbocycles. The van der Waals surface area contributed by atoms with Crippen molar-refractivity contribution in [2.45, 2.75) is 11.8 Å². The first-order valence-corrected chi connectivity index (χ1v) is 7.17. The van der Waals surface area contributed by atoms with Crippen molar-refractivity contribution in [1.82, 2.24) is 0 Å². The average Bonchev–Trinajstić information content (AvgIpc) is 2.40. The second-order valence-corrected chi connectivity index (χ2v) is 5.63. The van der Waals surface area contributed by atoms with E-state index in [1.165, 1.54) is 18.2 Å². The summed E-state index contributed by atoms with van der Waals surface area (Å²) in [5.41, 5.74) is 1.07. The number of esters is 1. The van der Waals surface area contributed by atoms with Gasteiger partial charge in [-0.2, -0.15) is 8.42 Å². The van der Waals surface area contributed by atoms with Crippen LogP contribution >= 0.6 is 0 Å². The molecule has 2 aromatic rings. The van der Waals surface area contributed by atoms with Gasteiger partial charge in [-0.05, 0) is 37.3 Å². The second kappa shape index (κ2) is 5.44. The summed E-state index contributed by atoms with van der Waals surface area (Å²) in [5.74, 6) is -0.336. The van der Waals surface area contributed by atoms with Crippen molar-refractivity contribution in [2.24, 2.45) is 0 Å². The largest absolute Gasteiger partial charge is 0.423 e. The highest BCUT2D eigenvalue weighted by atomic mass is 32.2. The fourth-order valence-corrected chi connectivity index (χ4v) is 2.08. The van der Waals surface area contributed by atoms with Crippen molar-refractivity contribution in [3.63, 3.8) is 0 Å². The topological polar surface area (TPSA) is 80.7 Å². The van der Waals surface area contributed by atoms with Gasteiger partial charge in [-0.1, -0.05) is 23.8 Å². The summed E-state index contributed by atoms with van der Waals surface area (Å²) < 4.78 is 36.1. The summed E-state index contributed by atoms with van der Waals surface area (Å²) in [6, 6.07) is 11.9. The molecule has 2 rings (SSSR count).